The Hall–Kier alpha value is -3.98. The van der Waals surface area contributed by atoms with Gasteiger partial charge in [-0.3, -0.25) is 4.72 Å². The summed E-state index contributed by atoms with van der Waals surface area (Å²) in [6.07, 6.45) is 2.44. The molecule has 0 spiro atoms. The predicted octanol–water partition coefficient (Wildman–Crippen LogP) is 4.17. The molecule has 3 aromatic carbocycles. The van der Waals surface area contributed by atoms with E-state index in [1.165, 1.54) is 6.39 Å². The second-order valence-corrected chi connectivity index (χ2v) is 9.17. The first-order chi connectivity index (χ1) is 15.5. The van der Waals surface area contributed by atoms with Gasteiger partial charge in [-0.1, -0.05) is 53.7 Å². The normalized spacial score (nSPS) is 11.7. The lowest BCUT2D eigenvalue weighted by Gasteiger charge is -2.11. The monoisotopic (exact) mass is 445 g/mol. The number of nitrogens with zero attached hydrogens (tertiary/aromatic N) is 4. The van der Waals surface area contributed by atoms with Crippen molar-refractivity contribution in [1.82, 2.24) is 19.7 Å². The molecule has 0 amide bonds. The van der Waals surface area contributed by atoms with Gasteiger partial charge in [0.1, 0.15) is 5.82 Å². The van der Waals surface area contributed by atoms with Gasteiger partial charge in [-0.25, -0.2) is 13.4 Å². The van der Waals surface area contributed by atoms with Gasteiger partial charge in [-0.05, 0) is 29.8 Å². The predicted molar refractivity (Wildman–Crippen MR) is 122 cm³/mol. The summed E-state index contributed by atoms with van der Waals surface area (Å²) in [7, 11) is -3.38. The second kappa shape index (κ2) is 7.93. The average Bonchev–Trinajstić information content (AvgIpc) is 3.42. The summed E-state index contributed by atoms with van der Waals surface area (Å²) in [4.78, 5) is 8.91. The third kappa shape index (κ3) is 4.10. The number of sulfonamides is 1. The van der Waals surface area contributed by atoms with Gasteiger partial charge < -0.3 is 9.09 Å². The summed E-state index contributed by atoms with van der Waals surface area (Å²) in [5.41, 5.74) is 5.12. The molecule has 1 N–H and O–H groups in total. The molecule has 2 aromatic heterocycles. The fourth-order valence-electron chi connectivity index (χ4n) is 3.63. The third-order valence-electron chi connectivity index (χ3n) is 4.99. The lowest BCUT2D eigenvalue weighted by Crippen LogP contribution is -2.09. The van der Waals surface area contributed by atoms with Crippen LogP contribution in [0.25, 0.3) is 33.8 Å². The molecule has 32 heavy (non-hydrogen) atoms. The molecule has 2 heterocycles. The molecule has 0 aliphatic rings. The smallest absolute Gasteiger partial charge is 0.229 e. The van der Waals surface area contributed by atoms with E-state index >= 15 is 0 Å². The van der Waals surface area contributed by atoms with Crippen molar-refractivity contribution in [2.24, 2.45) is 0 Å². The van der Waals surface area contributed by atoms with Gasteiger partial charge in [0.15, 0.2) is 0 Å². The molecule has 0 unspecified atom stereocenters. The minimum absolute atomic E-state index is 0.494. The van der Waals surface area contributed by atoms with E-state index in [1.54, 1.807) is 12.1 Å². The van der Waals surface area contributed by atoms with E-state index in [1.807, 2.05) is 60.7 Å². The highest BCUT2D eigenvalue weighted by Crippen LogP contribution is 2.28. The van der Waals surface area contributed by atoms with Crippen molar-refractivity contribution < 1.29 is 12.9 Å². The molecular weight excluding hydrogens is 426 g/mol. The molecule has 160 valence electrons. The highest BCUT2D eigenvalue weighted by molar-refractivity contribution is 7.92. The number of hydrogen-bond donors (Lipinski definition) is 1. The number of anilines is 1. The van der Waals surface area contributed by atoms with Crippen LogP contribution in [-0.4, -0.2) is 34.4 Å². The van der Waals surface area contributed by atoms with Gasteiger partial charge >= 0.3 is 0 Å². The zero-order chi connectivity index (χ0) is 22.1. The zero-order valence-electron chi connectivity index (χ0n) is 17.1. The lowest BCUT2D eigenvalue weighted by molar-refractivity contribution is 0.419. The lowest BCUT2D eigenvalue weighted by atomic mass is 10.1. The highest BCUT2D eigenvalue weighted by Gasteiger charge is 2.14. The van der Waals surface area contributed by atoms with Gasteiger partial charge in [0.05, 0.1) is 17.3 Å². The van der Waals surface area contributed by atoms with Crippen molar-refractivity contribution in [3.05, 3.63) is 84.8 Å². The molecular formula is C23H19N5O3S. The summed E-state index contributed by atoms with van der Waals surface area (Å²) in [6, 6.07) is 23.1. The van der Waals surface area contributed by atoms with Crippen LogP contribution >= 0.6 is 0 Å². The quantitative estimate of drug-likeness (QED) is 0.421. The average molecular weight is 446 g/mol. The Morgan fingerprint density at radius 2 is 1.78 bits per heavy atom. The fraction of sp³-hybridized carbons (Fsp3) is 0.0870. The maximum Gasteiger partial charge on any atom is 0.229 e. The van der Waals surface area contributed by atoms with E-state index in [0.717, 1.165) is 39.8 Å². The minimum Gasteiger partial charge on any atom is -0.342 e. The van der Waals surface area contributed by atoms with Crippen molar-refractivity contribution in [3.63, 3.8) is 0 Å². The van der Waals surface area contributed by atoms with E-state index in [4.69, 9.17) is 9.51 Å². The van der Waals surface area contributed by atoms with E-state index in [-0.39, 0.29) is 0 Å². The van der Waals surface area contributed by atoms with Crippen molar-refractivity contribution >= 4 is 26.7 Å². The molecule has 5 rings (SSSR count). The minimum atomic E-state index is -3.38. The first-order valence-electron chi connectivity index (χ1n) is 9.85. The third-order valence-corrected chi connectivity index (χ3v) is 5.60. The van der Waals surface area contributed by atoms with Crippen LogP contribution in [0.3, 0.4) is 0 Å². The molecule has 0 fully saturated rings. The molecule has 0 saturated carbocycles. The summed E-state index contributed by atoms with van der Waals surface area (Å²) in [6.45, 7) is 0.589. The molecule has 5 aromatic rings. The maximum atomic E-state index is 11.7. The Morgan fingerprint density at radius 1 is 0.969 bits per heavy atom. The number of hydrogen-bond acceptors (Lipinski definition) is 6. The first kappa shape index (κ1) is 20.0. The molecule has 0 saturated heterocycles. The number of fused-ring (bicyclic) bond motifs is 1. The maximum absolute atomic E-state index is 11.7. The number of imidazole rings is 1. The van der Waals surface area contributed by atoms with Gasteiger partial charge in [0.25, 0.3) is 0 Å². The van der Waals surface area contributed by atoms with Gasteiger partial charge in [-0.15, -0.1) is 0 Å². The molecule has 0 bridgehead atoms. The van der Waals surface area contributed by atoms with Crippen LogP contribution in [0, 0.1) is 0 Å². The topological polar surface area (TPSA) is 103 Å². The summed E-state index contributed by atoms with van der Waals surface area (Å²) < 4.78 is 32.8. The van der Waals surface area contributed by atoms with Crippen molar-refractivity contribution in [2.45, 2.75) is 6.54 Å². The summed E-state index contributed by atoms with van der Waals surface area (Å²) in [5.74, 6) is 1.30. The number of aromatic nitrogens is 4. The number of para-hydroxylation sites is 2. The van der Waals surface area contributed by atoms with E-state index in [0.29, 0.717) is 18.1 Å². The standard InChI is InChI=1S/C23H19N5O3S/c1-32(29,30)27-19-6-4-5-18(13-19)23-25-20-7-2-3-8-21(20)28(23)14-16-9-11-17(12-10-16)22-24-15-31-26-22/h2-13,15,27H,14H2,1H3. The molecule has 9 heteroatoms. The van der Waals surface area contributed by atoms with Gasteiger partial charge in [0.2, 0.25) is 22.2 Å². The molecule has 0 radical (unpaired) electrons. The largest absolute Gasteiger partial charge is 0.342 e. The van der Waals surface area contributed by atoms with Gasteiger partial charge in [0, 0.05) is 23.4 Å². The number of benzene rings is 3. The molecule has 0 atom stereocenters. The van der Waals surface area contributed by atoms with Crippen LogP contribution in [-0.2, 0) is 16.6 Å². The summed E-state index contributed by atoms with van der Waals surface area (Å²) >= 11 is 0. The van der Waals surface area contributed by atoms with E-state index < -0.39 is 10.0 Å². The van der Waals surface area contributed by atoms with Crippen molar-refractivity contribution in [1.29, 1.82) is 0 Å². The highest BCUT2D eigenvalue weighted by atomic mass is 32.2. The van der Waals surface area contributed by atoms with E-state index in [2.05, 4.69) is 19.4 Å². The van der Waals surface area contributed by atoms with Crippen LogP contribution < -0.4 is 4.72 Å². The van der Waals surface area contributed by atoms with Crippen LogP contribution in [0.5, 0.6) is 0 Å². The first-order valence-corrected chi connectivity index (χ1v) is 11.7. The fourth-order valence-corrected chi connectivity index (χ4v) is 4.19. The van der Waals surface area contributed by atoms with Crippen LogP contribution in [0.15, 0.2) is 83.7 Å². The summed E-state index contributed by atoms with van der Waals surface area (Å²) in [5, 5.41) is 3.87. The van der Waals surface area contributed by atoms with Crippen LogP contribution in [0.2, 0.25) is 0 Å². The van der Waals surface area contributed by atoms with Crippen molar-refractivity contribution in [2.75, 3.05) is 11.0 Å². The van der Waals surface area contributed by atoms with E-state index in [9.17, 15) is 8.42 Å². The molecule has 0 aliphatic carbocycles. The number of nitrogens with one attached hydrogen (secondary N) is 1. The van der Waals surface area contributed by atoms with Crippen molar-refractivity contribution in [3.8, 4) is 22.8 Å². The molecule has 8 nitrogen and oxygen atoms in total. The molecule has 0 aliphatic heterocycles. The van der Waals surface area contributed by atoms with Crippen LogP contribution in [0.1, 0.15) is 5.56 Å². The Morgan fingerprint density at radius 3 is 2.53 bits per heavy atom. The second-order valence-electron chi connectivity index (χ2n) is 7.42. The Bertz CT molecular complexity index is 1490. The Kier molecular flexibility index (Phi) is 4.95. The number of rotatable bonds is 6. The van der Waals surface area contributed by atoms with Crippen LogP contribution in [0.4, 0.5) is 5.69 Å². The van der Waals surface area contributed by atoms with Gasteiger partial charge in [-0.2, -0.15) is 4.98 Å². The Labute approximate surface area is 184 Å². The Balaban J connectivity index is 1.55. The SMILES string of the molecule is CS(=O)(=O)Nc1cccc(-c2nc3ccccc3n2Cc2ccc(-c3ncon3)cc2)c1. The zero-order valence-corrected chi connectivity index (χ0v) is 18.0.